The van der Waals surface area contributed by atoms with E-state index in [4.69, 9.17) is 16.3 Å². The van der Waals surface area contributed by atoms with E-state index in [1.165, 1.54) is 0 Å². The molecule has 1 aliphatic rings. The van der Waals surface area contributed by atoms with Crippen LogP contribution in [-0.4, -0.2) is 50.2 Å². The first kappa shape index (κ1) is 16.6. The molecule has 1 saturated heterocycles. The van der Waals surface area contributed by atoms with E-state index in [9.17, 15) is 10.1 Å². The highest BCUT2D eigenvalue weighted by atomic mass is 35.5. The SMILES string of the molecule is CCOC(=O)CN1CCCN(c2cc(Cl)ccc2C#N)CC1. The van der Waals surface area contributed by atoms with Crippen LogP contribution in [-0.2, 0) is 9.53 Å². The zero-order chi connectivity index (χ0) is 15.9. The summed E-state index contributed by atoms with van der Waals surface area (Å²) >= 11 is 6.06. The van der Waals surface area contributed by atoms with Crippen molar-refractivity contribution in [3.05, 3.63) is 28.8 Å². The number of hydrogen-bond donors (Lipinski definition) is 0. The second kappa shape index (κ2) is 8.02. The Morgan fingerprint density at radius 1 is 1.36 bits per heavy atom. The Bertz CT molecular complexity index is 571. The summed E-state index contributed by atoms with van der Waals surface area (Å²) in [7, 11) is 0. The molecule has 1 aliphatic heterocycles. The minimum Gasteiger partial charge on any atom is -0.465 e. The van der Waals surface area contributed by atoms with Crippen LogP contribution in [0.1, 0.15) is 18.9 Å². The fourth-order valence-corrected chi connectivity index (χ4v) is 2.79. The highest BCUT2D eigenvalue weighted by Gasteiger charge is 2.19. The number of anilines is 1. The van der Waals surface area contributed by atoms with Gasteiger partial charge in [0, 0.05) is 31.2 Å². The molecule has 2 rings (SSSR count). The quantitative estimate of drug-likeness (QED) is 0.796. The van der Waals surface area contributed by atoms with E-state index in [-0.39, 0.29) is 5.97 Å². The molecule has 0 saturated carbocycles. The number of esters is 1. The van der Waals surface area contributed by atoms with Gasteiger partial charge in [0.15, 0.2) is 0 Å². The monoisotopic (exact) mass is 321 g/mol. The Morgan fingerprint density at radius 3 is 2.91 bits per heavy atom. The smallest absolute Gasteiger partial charge is 0.320 e. The van der Waals surface area contributed by atoms with Gasteiger partial charge in [-0.3, -0.25) is 9.69 Å². The van der Waals surface area contributed by atoms with Crippen LogP contribution in [0, 0.1) is 11.3 Å². The van der Waals surface area contributed by atoms with Gasteiger partial charge in [0.05, 0.1) is 24.4 Å². The molecule has 0 atom stereocenters. The molecule has 118 valence electrons. The first-order valence-corrected chi connectivity index (χ1v) is 7.84. The fourth-order valence-electron chi connectivity index (χ4n) is 2.62. The number of halogens is 1. The van der Waals surface area contributed by atoms with E-state index in [0.29, 0.717) is 23.7 Å². The summed E-state index contributed by atoms with van der Waals surface area (Å²) in [6, 6.07) is 7.53. The van der Waals surface area contributed by atoms with Gasteiger partial charge in [-0.05, 0) is 31.5 Å². The molecular weight excluding hydrogens is 302 g/mol. The molecule has 0 N–H and O–H groups in total. The number of rotatable bonds is 4. The van der Waals surface area contributed by atoms with Crippen molar-refractivity contribution in [2.75, 3.05) is 44.2 Å². The Labute approximate surface area is 136 Å². The van der Waals surface area contributed by atoms with E-state index in [1.807, 2.05) is 13.0 Å². The van der Waals surface area contributed by atoms with E-state index >= 15 is 0 Å². The van der Waals surface area contributed by atoms with Crippen molar-refractivity contribution in [1.82, 2.24) is 4.90 Å². The van der Waals surface area contributed by atoms with Gasteiger partial charge in [0.25, 0.3) is 0 Å². The van der Waals surface area contributed by atoms with Gasteiger partial charge in [-0.1, -0.05) is 11.6 Å². The molecule has 1 aromatic rings. The van der Waals surface area contributed by atoms with Crippen LogP contribution < -0.4 is 4.90 Å². The lowest BCUT2D eigenvalue weighted by Gasteiger charge is -2.24. The third kappa shape index (κ3) is 4.36. The molecular formula is C16H20ClN3O2. The summed E-state index contributed by atoms with van der Waals surface area (Å²) in [6.45, 7) is 5.75. The molecule has 5 nitrogen and oxygen atoms in total. The topological polar surface area (TPSA) is 56.6 Å². The van der Waals surface area contributed by atoms with Gasteiger partial charge in [-0.15, -0.1) is 0 Å². The third-order valence-corrected chi connectivity index (χ3v) is 3.90. The van der Waals surface area contributed by atoms with Crippen molar-refractivity contribution in [3.8, 4) is 6.07 Å². The van der Waals surface area contributed by atoms with Gasteiger partial charge in [-0.25, -0.2) is 0 Å². The number of hydrogen-bond acceptors (Lipinski definition) is 5. The molecule has 0 radical (unpaired) electrons. The number of carbonyl (C=O) groups is 1. The van der Waals surface area contributed by atoms with Gasteiger partial charge in [0.1, 0.15) is 6.07 Å². The van der Waals surface area contributed by atoms with E-state index in [1.54, 1.807) is 12.1 Å². The molecule has 0 amide bonds. The summed E-state index contributed by atoms with van der Waals surface area (Å²) in [4.78, 5) is 15.8. The van der Waals surface area contributed by atoms with E-state index < -0.39 is 0 Å². The Hall–Kier alpha value is -1.77. The van der Waals surface area contributed by atoms with Crippen LogP contribution in [0.15, 0.2) is 18.2 Å². The average molecular weight is 322 g/mol. The number of ether oxygens (including phenoxy) is 1. The molecule has 0 aliphatic carbocycles. The fraction of sp³-hybridized carbons (Fsp3) is 0.500. The predicted molar refractivity (Wildman–Crippen MR) is 86.1 cm³/mol. The van der Waals surface area contributed by atoms with Crippen LogP contribution in [0.5, 0.6) is 0 Å². The molecule has 0 spiro atoms. The number of benzene rings is 1. The summed E-state index contributed by atoms with van der Waals surface area (Å²) < 4.78 is 4.99. The van der Waals surface area contributed by atoms with Gasteiger partial charge >= 0.3 is 5.97 Å². The van der Waals surface area contributed by atoms with Crippen LogP contribution in [0.2, 0.25) is 5.02 Å². The Kier molecular flexibility index (Phi) is 6.05. The second-order valence-electron chi connectivity index (χ2n) is 5.20. The zero-order valence-corrected chi connectivity index (χ0v) is 13.5. The maximum atomic E-state index is 11.6. The zero-order valence-electron chi connectivity index (χ0n) is 12.7. The van der Waals surface area contributed by atoms with E-state index in [2.05, 4.69) is 15.9 Å². The largest absolute Gasteiger partial charge is 0.465 e. The van der Waals surface area contributed by atoms with Gasteiger partial charge in [0.2, 0.25) is 0 Å². The van der Waals surface area contributed by atoms with Crippen molar-refractivity contribution < 1.29 is 9.53 Å². The van der Waals surface area contributed by atoms with Crippen LogP contribution >= 0.6 is 11.6 Å². The van der Waals surface area contributed by atoms with Crippen molar-refractivity contribution in [1.29, 1.82) is 5.26 Å². The predicted octanol–water partition coefficient (Wildman–Crippen LogP) is 2.29. The Morgan fingerprint density at radius 2 is 2.18 bits per heavy atom. The summed E-state index contributed by atoms with van der Waals surface area (Å²) in [5.41, 5.74) is 1.50. The molecule has 22 heavy (non-hydrogen) atoms. The van der Waals surface area contributed by atoms with Gasteiger partial charge < -0.3 is 9.64 Å². The molecule has 0 unspecified atom stereocenters. The van der Waals surface area contributed by atoms with Crippen molar-refractivity contribution in [2.24, 2.45) is 0 Å². The molecule has 1 fully saturated rings. The van der Waals surface area contributed by atoms with E-state index in [0.717, 1.165) is 38.3 Å². The number of nitriles is 1. The standard InChI is InChI=1S/C16H20ClN3O2/c1-2-22-16(21)12-19-6-3-7-20(9-8-19)15-10-14(17)5-4-13(15)11-18/h4-5,10H,2-3,6-9,12H2,1H3. The van der Waals surface area contributed by atoms with Crippen molar-refractivity contribution in [3.63, 3.8) is 0 Å². The number of carbonyl (C=O) groups excluding carboxylic acids is 1. The second-order valence-corrected chi connectivity index (χ2v) is 5.63. The number of nitrogens with zero attached hydrogens (tertiary/aromatic N) is 3. The summed E-state index contributed by atoms with van der Waals surface area (Å²) in [6.07, 6.45) is 0.927. The van der Waals surface area contributed by atoms with Crippen LogP contribution in [0.4, 0.5) is 5.69 Å². The molecule has 1 aromatic carbocycles. The highest BCUT2D eigenvalue weighted by molar-refractivity contribution is 6.30. The lowest BCUT2D eigenvalue weighted by Crippen LogP contribution is -2.35. The lowest BCUT2D eigenvalue weighted by atomic mass is 10.1. The van der Waals surface area contributed by atoms with Crippen molar-refractivity contribution in [2.45, 2.75) is 13.3 Å². The molecule has 1 heterocycles. The normalized spacial score (nSPS) is 16.0. The summed E-state index contributed by atoms with van der Waals surface area (Å²) in [5.74, 6) is -0.184. The Balaban J connectivity index is 2.03. The third-order valence-electron chi connectivity index (χ3n) is 3.67. The lowest BCUT2D eigenvalue weighted by molar-refractivity contribution is -0.144. The van der Waals surface area contributed by atoms with Crippen LogP contribution in [0.25, 0.3) is 0 Å². The maximum Gasteiger partial charge on any atom is 0.320 e. The average Bonchev–Trinajstić information content (AvgIpc) is 2.73. The molecule has 6 heteroatoms. The van der Waals surface area contributed by atoms with Gasteiger partial charge in [-0.2, -0.15) is 5.26 Å². The highest BCUT2D eigenvalue weighted by Crippen LogP contribution is 2.25. The first-order valence-electron chi connectivity index (χ1n) is 7.46. The van der Waals surface area contributed by atoms with Crippen molar-refractivity contribution >= 4 is 23.3 Å². The van der Waals surface area contributed by atoms with Crippen LogP contribution in [0.3, 0.4) is 0 Å². The first-order chi connectivity index (χ1) is 10.6. The molecule has 0 aromatic heterocycles. The maximum absolute atomic E-state index is 11.6. The molecule has 0 bridgehead atoms. The summed E-state index contributed by atoms with van der Waals surface area (Å²) in [5, 5.41) is 9.88. The minimum absolute atomic E-state index is 0.184. The minimum atomic E-state index is -0.184.